The molecule has 0 aromatic heterocycles. The molecule has 1 nitrogen and oxygen atoms in total. The highest BCUT2D eigenvalue weighted by atomic mass is 16.1. The van der Waals surface area contributed by atoms with Gasteiger partial charge in [-0.1, -0.05) is 57.9 Å². The number of unbranched alkanes of at least 4 members (excludes halogenated alkanes) is 2. The maximum absolute atomic E-state index is 11.0. The van der Waals surface area contributed by atoms with Crippen molar-refractivity contribution in [3.63, 3.8) is 0 Å². The molecule has 0 saturated heterocycles. The summed E-state index contributed by atoms with van der Waals surface area (Å²) in [6.07, 6.45) is 6.66. The summed E-state index contributed by atoms with van der Waals surface area (Å²) in [7, 11) is 0. The Balaban J connectivity index is 0.00000154. The van der Waals surface area contributed by atoms with E-state index in [1.54, 1.807) is 13.0 Å². The van der Waals surface area contributed by atoms with Crippen LogP contribution in [0.25, 0.3) is 5.57 Å². The normalized spacial score (nSPS) is 10.7. The van der Waals surface area contributed by atoms with Crippen molar-refractivity contribution in [3.8, 4) is 0 Å². The summed E-state index contributed by atoms with van der Waals surface area (Å²) < 4.78 is 0. The van der Waals surface area contributed by atoms with Gasteiger partial charge in [0.2, 0.25) is 0 Å². The zero-order chi connectivity index (χ0) is 14.7. The molecule has 1 rings (SSSR count). The first kappa shape index (κ1) is 17.6. The van der Waals surface area contributed by atoms with Gasteiger partial charge in [-0.05, 0) is 49.5 Å². The van der Waals surface area contributed by atoms with Crippen molar-refractivity contribution < 1.29 is 4.79 Å². The third-order valence-electron chi connectivity index (χ3n) is 2.90. The molecule has 0 aliphatic heterocycles. The zero-order valence-electron chi connectivity index (χ0n) is 13.1. The molecule has 0 saturated carbocycles. The molecule has 0 aliphatic carbocycles. The Morgan fingerprint density at radius 3 is 2.11 bits per heavy atom. The third kappa shape index (κ3) is 7.61. The number of hydrogen-bond donors (Lipinski definition) is 0. The monoisotopic (exact) mass is 260 g/mol. The summed E-state index contributed by atoms with van der Waals surface area (Å²) in [6.45, 7) is 9.79. The Bertz CT molecular complexity index is 385. The van der Waals surface area contributed by atoms with Crippen LogP contribution < -0.4 is 0 Å². The second-order valence-corrected chi connectivity index (χ2v) is 4.59. The number of ketones is 1. The van der Waals surface area contributed by atoms with Gasteiger partial charge in [0.1, 0.15) is 0 Å². The van der Waals surface area contributed by atoms with E-state index in [0.29, 0.717) is 0 Å². The molecule has 1 aromatic rings. The molecule has 0 atom stereocenters. The number of rotatable bonds is 6. The highest BCUT2D eigenvalue weighted by Crippen LogP contribution is 2.15. The van der Waals surface area contributed by atoms with Crippen LogP contribution in [0.1, 0.15) is 65.0 Å². The highest BCUT2D eigenvalue weighted by molar-refractivity contribution is 5.94. The number of aryl methyl sites for hydroxylation is 1. The van der Waals surface area contributed by atoms with Crippen LogP contribution in [0, 0.1) is 0 Å². The van der Waals surface area contributed by atoms with Crippen molar-refractivity contribution in [2.24, 2.45) is 0 Å². The quantitative estimate of drug-likeness (QED) is 0.492. The fourth-order valence-electron chi connectivity index (χ4n) is 1.90. The molecular weight excluding hydrogens is 232 g/mol. The van der Waals surface area contributed by atoms with Gasteiger partial charge in [-0.25, -0.2) is 0 Å². The van der Waals surface area contributed by atoms with Crippen LogP contribution in [0.5, 0.6) is 0 Å². The molecule has 0 fully saturated rings. The van der Waals surface area contributed by atoms with Crippen LogP contribution >= 0.6 is 0 Å². The fourth-order valence-corrected chi connectivity index (χ4v) is 1.90. The van der Waals surface area contributed by atoms with Gasteiger partial charge in [0, 0.05) is 0 Å². The molecule has 0 spiro atoms. The molecule has 1 aromatic carbocycles. The van der Waals surface area contributed by atoms with E-state index in [1.165, 1.54) is 24.8 Å². The van der Waals surface area contributed by atoms with E-state index in [-0.39, 0.29) is 5.78 Å². The van der Waals surface area contributed by atoms with Crippen LogP contribution in [0.4, 0.5) is 0 Å². The number of allylic oxidation sites excluding steroid dienone is 2. The standard InChI is InChI=1S/C16H22O.C2H6/c1-4-5-6-7-15-8-10-16(11-9-15)13(2)12-14(3)17;1-2/h8-12H,4-7H2,1-3H3;1-2H3/b13-12+;. The Hall–Kier alpha value is -1.37. The first-order valence-corrected chi connectivity index (χ1v) is 7.41. The van der Waals surface area contributed by atoms with Gasteiger partial charge in [-0.3, -0.25) is 4.79 Å². The van der Waals surface area contributed by atoms with E-state index in [9.17, 15) is 4.79 Å². The largest absolute Gasteiger partial charge is 0.295 e. The van der Waals surface area contributed by atoms with Gasteiger partial charge in [0.15, 0.2) is 5.78 Å². The minimum absolute atomic E-state index is 0.106. The van der Waals surface area contributed by atoms with Crippen molar-refractivity contribution in [3.05, 3.63) is 41.5 Å². The average Bonchev–Trinajstić information content (AvgIpc) is 2.41. The van der Waals surface area contributed by atoms with Crippen molar-refractivity contribution in [2.45, 2.75) is 60.3 Å². The summed E-state index contributed by atoms with van der Waals surface area (Å²) >= 11 is 0. The fraction of sp³-hybridized carbons (Fsp3) is 0.500. The van der Waals surface area contributed by atoms with E-state index in [0.717, 1.165) is 17.6 Å². The molecule has 0 bridgehead atoms. The van der Waals surface area contributed by atoms with Crippen LogP contribution in [-0.4, -0.2) is 5.78 Å². The van der Waals surface area contributed by atoms with E-state index in [1.807, 2.05) is 20.8 Å². The average molecular weight is 260 g/mol. The minimum Gasteiger partial charge on any atom is -0.295 e. The first-order chi connectivity index (χ1) is 9.13. The van der Waals surface area contributed by atoms with Crippen molar-refractivity contribution >= 4 is 11.4 Å². The summed E-state index contributed by atoms with van der Waals surface area (Å²) in [5.41, 5.74) is 3.56. The lowest BCUT2D eigenvalue weighted by atomic mass is 10.0. The first-order valence-electron chi connectivity index (χ1n) is 7.41. The van der Waals surface area contributed by atoms with Gasteiger partial charge in [-0.15, -0.1) is 0 Å². The Morgan fingerprint density at radius 1 is 1.05 bits per heavy atom. The summed E-state index contributed by atoms with van der Waals surface area (Å²) in [4.78, 5) is 11.0. The van der Waals surface area contributed by atoms with Crippen molar-refractivity contribution in [2.75, 3.05) is 0 Å². The lowest BCUT2D eigenvalue weighted by molar-refractivity contribution is -0.112. The molecule has 106 valence electrons. The second kappa shape index (κ2) is 10.5. The smallest absolute Gasteiger partial charge is 0.152 e. The minimum atomic E-state index is 0.106. The highest BCUT2D eigenvalue weighted by Gasteiger charge is 1.98. The number of hydrogen-bond acceptors (Lipinski definition) is 1. The van der Waals surface area contributed by atoms with Crippen LogP contribution in [0.15, 0.2) is 30.3 Å². The molecule has 0 aliphatic rings. The maximum atomic E-state index is 11.0. The van der Waals surface area contributed by atoms with E-state index >= 15 is 0 Å². The third-order valence-corrected chi connectivity index (χ3v) is 2.90. The molecule has 0 unspecified atom stereocenters. The molecule has 0 heterocycles. The van der Waals surface area contributed by atoms with Gasteiger partial charge >= 0.3 is 0 Å². The molecule has 0 amide bonds. The topological polar surface area (TPSA) is 17.1 Å². The maximum Gasteiger partial charge on any atom is 0.152 e. The lowest BCUT2D eigenvalue weighted by Gasteiger charge is -2.04. The lowest BCUT2D eigenvalue weighted by Crippen LogP contribution is -1.89. The van der Waals surface area contributed by atoms with Crippen molar-refractivity contribution in [1.29, 1.82) is 0 Å². The second-order valence-electron chi connectivity index (χ2n) is 4.59. The Kier molecular flexibility index (Phi) is 9.78. The van der Waals surface area contributed by atoms with E-state index < -0.39 is 0 Å². The molecule has 0 N–H and O–H groups in total. The number of carbonyl (C=O) groups excluding carboxylic acids is 1. The van der Waals surface area contributed by atoms with Gasteiger partial charge in [0.25, 0.3) is 0 Å². The number of carbonyl (C=O) groups is 1. The van der Waals surface area contributed by atoms with Gasteiger partial charge < -0.3 is 0 Å². The van der Waals surface area contributed by atoms with E-state index in [2.05, 4.69) is 31.2 Å². The van der Waals surface area contributed by atoms with Crippen molar-refractivity contribution in [1.82, 2.24) is 0 Å². The zero-order valence-corrected chi connectivity index (χ0v) is 13.1. The molecule has 0 radical (unpaired) electrons. The van der Waals surface area contributed by atoms with Gasteiger partial charge in [0.05, 0.1) is 0 Å². The molecular formula is C18H28O. The summed E-state index contributed by atoms with van der Waals surface area (Å²) in [6, 6.07) is 8.55. The number of benzene rings is 1. The molecule has 19 heavy (non-hydrogen) atoms. The van der Waals surface area contributed by atoms with E-state index in [4.69, 9.17) is 0 Å². The SMILES string of the molecule is CC.CCCCCc1ccc(/C(C)=C/C(C)=O)cc1. The predicted molar refractivity (Wildman–Crippen MR) is 85.4 cm³/mol. The summed E-state index contributed by atoms with van der Waals surface area (Å²) in [5, 5.41) is 0. The Labute approximate surface area is 118 Å². The van der Waals surface area contributed by atoms with Gasteiger partial charge in [-0.2, -0.15) is 0 Å². The van der Waals surface area contributed by atoms with Crippen LogP contribution in [0.2, 0.25) is 0 Å². The van der Waals surface area contributed by atoms with Crippen LogP contribution in [0.3, 0.4) is 0 Å². The Morgan fingerprint density at radius 2 is 1.63 bits per heavy atom. The molecule has 1 heteroatoms. The van der Waals surface area contributed by atoms with Crippen LogP contribution in [-0.2, 0) is 11.2 Å². The predicted octanol–water partition coefficient (Wildman–Crippen LogP) is 5.44. The summed E-state index contributed by atoms with van der Waals surface area (Å²) in [5.74, 6) is 0.106.